The van der Waals surface area contributed by atoms with E-state index >= 15 is 0 Å². The van der Waals surface area contributed by atoms with Crippen LogP contribution >= 0.6 is 0 Å². The fourth-order valence-corrected chi connectivity index (χ4v) is 2.12. The molecule has 1 heterocycles. The highest BCUT2D eigenvalue weighted by Gasteiger charge is 2.17. The predicted molar refractivity (Wildman–Crippen MR) is 68.3 cm³/mol. The van der Waals surface area contributed by atoms with E-state index in [1.165, 1.54) is 0 Å². The van der Waals surface area contributed by atoms with Crippen molar-refractivity contribution in [1.29, 1.82) is 0 Å². The van der Waals surface area contributed by atoms with E-state index in [4.69, 9.17) is 10.2 Å². The summed E-state index contributed by atoms with van der Waals surface area (Å²) in [5, 5.41) is 18.2. The molecule has 0 aliphatic rings. The van der Waals surface area contributed by atoms with Gasteiger partial charge in [-0.05, 0) is 25.1 Å². The van der Waals surface area contributed by atoms with Gasteiger partial charge in [-0.1, -0.05) is 18.2 Å². The molecule has 2 N–H and O–H groups in total. The van der Waals surface area contributed by atoms with Crippen LogP contribution in [0.2, 0.25) is 0 Å². The molecule has 1 aromatic heterocycles. The van der Waals surface area contributed by atoms with Gasteiger partial charge in [0.15, 0.2) is 0 Å². The maximum absolute atomic E-state index is 11.1. The van der Waals surface area contributed by atoms with Crippen molar-refractivity contribution in [1.82, 2.24) is 4.57 Å². The number of benzene rings is 1. The van der Waals surface area contributed by atoms with Gasteiger partial charge in [-0.25, -0.2) is 4.79 Å². The first-order valence-electron chi connectivity index (χ1n) is 5.76. The van der Waals surface area contributed by atoms with Gasteiger partial charge in [0.25, 0.3) is 0 Å². The number of aromatic carboxylic acids is 1. The van der Waals surface area contributed by atoms with Gasteiger partial charge in [0, 0.05) is 30.1 Å². The van der Waals surface area contributed by atoms with Crippen LogP contribution in [0.5, 0.6) is 0 Å². The molecular formula is C14H15NO3. The number of nitrogens with zero attached hydrogens (tertiary/aromatic N) is 1. The average molecular weight is 245 g/mol. The number of carboxylic acid groups (broad SMARTS) is 1. The molecular weight excluding hydrogens is 230 g/mol. The number of hydrogen-bond donors (Lipinski definition) is 2. The molecule has 0 amide bonds. The van der Waals surface area contributed by atoms with Crippen LogP contribution in [0.15, 0.2) is 36.4 Å². The average Bonchev–Trinajstić information content (AvgIpc) is 2.68. The SMILES string of the molecule is Cc1c(C(=O)O)cc(CCO)n1-c1ccccc1. The Labute approximate surface area is 105 Å². The number of aliphatic hydroxyl groups is 1. The molecule has 0 atom stereocenters. The zero-order chi connectivity index (χ0) is 13.1. The molecule has 4 nitrogen and oxygen atoms in total. The first-order chi connectivity index (χ1) is 8.65. The van der Waals surface area contributed by atoms with Gasteiger partial charge in [0.2, 0.25) is 0 Å². The van der Waals surface area contributed by atoms with Crippen molar-refractivity contribution in [3.8, 4) is 5.69 Å². The number of rotatable bonds is 4. The first kappa shape index (κ1) is 12.4. The molecule has 0 spiro atoms. The van der Waals surface area contributed by atoms with Crippen molar-refractivity contribution >= 4 is 5.97 Å². The van der Waals surface area contributed by atoms with Crippen molar-refractivity contribution < 1.29 is 15.0 Å². The standard InChI is InChI=1S/C14H15NO3/c1-10-13(14(17)18)9-12(7-8-16)15(10)11-5-3-2-4-6-11/h2-6,9,16H,7-8H2,1H3,(H,17,18). The highest BCUT2D eigenvalue weighted by molar-refractivity contribution is 5.89. The summed E-state index contributed by atoms with van der Waals surface area (Å²) in [7, 11) is 0. The summed E-state index contributed by atoms with van der Waals surface area (Å²) >= 11 is 0. The maximum atomic E-state index is 11.1. The largest absolute Gasteiger partial charge is 0.478 e. The fourth-order valence-electron chi connectivity index (χ4n) is 2.12. The molecule has 18 heavy (non-hydrogen) atoms. The lowest BCUT2D eigenvalue weighted by atomic mass is 10.2. The number of hydrogen-bond acceptors (Lipinski definition) is 2. The van der Waals surface area contributed by atoms with Gasteiger partial charge in [-0.3, -0.25) is 0 Å². The van der Waals surface area contributed by atoms with E-state index in [1.807, 2.05) is 34.9 Å². The fraction of sp³-hybridized carbons (Fsp3) is 0.214. The minimum atomic E-state index is -0.943. The van der Waals surface area contributed by atoms with Crippen LogP contribution in [0.4, 0.5) is 0 Å². The normalized spacial score (nSPS) is 10.6. The summed E-state index contributed by atoms with van der Waals surface area (Å²) in [4.78, 5) is 11.1. The second kappa shape index (κ2) is 5.06. The molecule has 0 unspecified atom stereocenters. The van der Waals surface area contributed by atoms with E-state index in [2.05, 4.69) is 0 Å². The Bertz CT molecular complexity index is 558. The number of carbonyl (C=O) groups is 1. The topological polar surface area (TPSA) is 62.5 Å². The third-order valence-corrected chi connectivity index (χ3v) is 2.94. The number of aliphatic hydroxyl groups excluding tert-OH is 1. The zero-order valence-electron chi connectivity index (χ0n) is 10.1. The second-order valence-corrected chi connectivity index (χ2v) is 4.08. The predicted octanol–water partition coefficient (Wildman–Crippen LogP) is 2.02. The Morgan fingerprint density at radius 2 is 1.94 bits per heavy atom. The molecule has 2 rings (SSSR count). The summed E-state index contributed by atoms with van der Waals surface area (Å²) in [5.41, 5.74) is 2.67. The second-order valence-electron chi connectivity index (χ2n) is 4.08. The monoisotopic (exact) mass is 245 g/mol. The summed E-state index contributed by atoms with van der Waals surface area (Å²) in [6.07, 6.45) is 0.434. The summed E-state index contributed by atoms with van der Waals surface area (Å²) in [5.74, 6) is -0.943. The quantitative estimate of drug-likeness (QED) is 0.866. The van der Waals surface area contributed by atoms with Gasteiger partial charge in [-0.2, -0.15) is 0 Å². The Hall–Kier alpha value is -2.07. The zero-order valence-corrected chi connectivity index (χ0v) is 10.1. The van der Waals surface area contributed by atoms with Crippen molar-refractivity contribution in [3.05, 3.63) is 53.3 Å². The third kappa shape index (κ3) is 2.15. The number of aromatic nitrogens is 1. The molecule has 0 aliphatic heterocycles. The molecule has 1 aromatic carbocycles. The lowest BCUT2D eigenvalue weighted by molar-refractivity contribution is 0.0696. The van der Waals surface area contributed by atoms with Crippen molar-refractivity contribution in [2.24, 2.45) is 0 Å². The van der Waals surface area contributed by atoms with Crippen molar-refractivity contribution in [3.63, 3.8) is 0 Å². The van der Waals surface area contributed by atoms with Gasteiger partial charge in [0.1, 0.15) is 0 Å². The molecule has 0 saturated heterocycles. The highest BCUT2D eigenvalue weighted by atomic mass is 16.4. The molecule has 4 heteroatoms. The van der Waals surface area contributed by atoms with Crippen LogP contribution in [0.3, 0.4) is 0 Å². The summed E-state index contributed by atoms with van der Waals surface area (Å²) in [6, 6.07) is 11.2. The summed E-state index contributed by atoms with van der Waals surface area (Å²) < 4.78 is 1.87. The van der Waals surface area contributed by atoms with Crippen LogP contribution in [0, 0.1) is 6.92 Å². The smallest absolute Gasteiger partial charge is 0.337 e. The van der Waals surface area contributed by atoms with Crippen LogP contribution in [0.1, 0.15) is 21.7 Å². The summed E-state index contributed by atoms with van der Waals surface area (Å²) in [6.45, 7) is 1.77. The van der Waals surface area contributed by atoms with Crippen LogP contribution < -0.4 is 0 Å². The maximum Gasteiger partial charge on any atom is 0.337 e. The molecule has 0 aliphatic carbocycles. The van der Waals surface area contributed by atoms with Gasteiger partial charge >= 0.3 is 5.97 Å². The lowest BCUT2D eigenvalue weighted by Gasteiger charge is -2.11. The van der Waals surface area contributed by atoms with Crippen LogP contribution in [-0.2, 0) is 6.42 Å². The Kier molecular flexibility index (Phi) is 3.48. The molecule has 0 radical (unpaired) electrons. The van der Waals surface area contributed by atoms with Gasteiger partial charge in [0.05, 0.1) is 5.56 Å². The van der Waals surface area contributed by atoms with E-state index < -0.39 is 5.97 Å². The molecule has 0 fully saturated rings. The van der Waals surface area contributed by atoms with E-state index in [0.717, 1.165) is 11.4 Å². The van der Waals surface area contributed by atoms with E-state index in [1.54, 1.807) is 13.0 Å². The van der Waals surface area contributed by atoms with Gasteiger partial charge < -0.3 is 14.8 Å². The molecule has 0 saturated carbocycles. The lowest BCUT2D eigenvalue weighted by Crippen LogP contribution is -2.05. The van der Waals surface area contributed by atoms with Crippen molar-refractivity contribution in [2.75, 3.05) is 6.61 Å². The van der Waals surface area contributed by atoms with Crippen LogP contribution in [-0.4, -0.2) is 27.4 Å². The van der Waals surface area contributed by atoms with Crippen LogP contribution in [0.25, 0.3) is 5.69 Å². The molecule has 0 bridgehead atoms. The Balaban J connectivity index is 2.60. The number of para-hydroxylation sites is 1. The Morgan fingerprint density at radius 1 is 1.28 bits per heavy atom. The van der Waals surface area contributed by atoms with E-state index in [9.17, 15) is 4.79 Å². The van der Waals surface area contributed by atoms with E-state index in [0.29, 0.717) is 12.1 Å². The van der Waals surface area contributed by atoms with E-state index in [-0.39, 0.29) is 12.2 Å². The molecule has 94 valence electrons. The van der Waals surface area contributed by atoms with Crippen molar-refractivity contribution in [2.45, 2.75) is 13.3 Å². The minimum Gasteiger partial charge on any atom is -0.478 e. The minimum absolute atomic E-state index is 0.00462. The molecule has 2 aromatic rings. The first-order valence-corrected chi connectivity index (χ1v) is 5.76. The van der Waals surface area contributed by atoms with Gasteiger partial charge in [-0.15, -0.1) is 0 Å². The number of carboxylic acids is 1. The third-order valence-electron chi connectivity index (χ3n) is 2.94. The highest BCUT2D eigenvalue weighted by Crippen LogP contribution is 2.21. The Morgan fingerprint density at radius 3 is 2.50 bits per heavy atom.